The monoisotopic (exact) mass is 484 g/mol. The van der Waals surface area contributed by atoms with Crippen molar-refractivity contribution in [3.8, 4) is 0 Å². The number of likely N-dealkylation sites (tertiary alicyclic amines) is 2. The highest BCUT2D eigenvalue weighted by Crippen LogP contribution is 2.54. The van der Waals surface area contributed by atoms with E-state index in [2.05, 4.69) is 41.9 Å². The lowest BCUT2D eigenvalue weighted by Gasteiger charge is -2.40. The van der Waals surface area contributed by atoms with Crippen molar-refractivity contribution in [1.82, 2.24) is 9.80 Å². The summed E-state index contributed by atoms with van der Waals surface area (Å²) in [6.45, 7) is 4.20. The Bertz CT molecular complexity index is 903. The van der Waals surface area contributed by atoms with Crippen molar-refractivity contribution in [2.45, 2.75) is 64.1 Å². The first-order valence-electron chi connectivity index (χ1n) is 11.5. The highest BCUT2D eigenvalue weighted by atomic mass is 79.9. The number of nitrogens with zero attached hydrogens (tertiary/aromatic N) is 2. The minimum absolute atomic E-state index is 0.0337. The van der Waals surface area contributed by atoms with E-state index >= 15 is 0 Å². The van der Waals surface area contributed by atoms with Gasteiger partial charge in [0.2, 0.25) is 17.7 Å². The third-order valence-corrected chi connectivity index (χ3v) is 8.45. The summed E-state index contributed by atoms with van der Waals surface area (Å²) in [4.78, 5) is 43.9. The number of hydrogen-bond acceptors (Lipinski definition) is 3. The van der Waals surface area contributed by atoms with E-state index in [1.807, 2.05) is 29.2 Å². The van der Waals surface area contributed by atoms with Gasteiger partial charge < -0.3 is 4.90 Å². The number of allylic oxidation sites excluding steroid dienone is 2. The second kappa shape index (κ2) is 7.88. The Kier molecular flexibility index (Phi) is 5.32. The van der Waals surface area contributed by atoms with Crippen LogP contribution in [-0.2, 0) is 14.4 Å². The van der Waals surface area contributed by atoms with Crippen LogP contribution in [0.25, 0.3) is 0 Å². The average Bonchev–Trinajstić information content (AvgIpc) is 3.41. The Balaban J connectivity index is 1.47. The van der Waals surface area contributed by atoms with Gasteiger partial charge in [-0.1, -0.05) is 40.2 Å². The number of halogens is 1. The van der Waals surface area contributed by atoms with Gasteiger partial charge in [0.1, 0.15) is 0 Å². The Labute approximate surface area is 192 Å². The van der Waals surface area contributed by atoms with Gasteiger partial charge in [-0.3, -0.25) is 19.3 Å². The van der Waals surface area contributed by atoms with E-state index in [1.54, 1.807) is 0 Å². The van der Waals surface area contributed by atoms with Crippen molar-refractivity contribution in [2.75, 3.05) is 0 Å². The van der Waals surface area contributed by atoms with Crippen LogP contribution in [0.15, 0.2) is 40.9 Å². The predicted molar refractivity (Wildman–Crippen MR) is 121 cm³/mol. The fraction of sp³-hybridized carbons (Fsp3) is 0.560. The van der Waals surface area contributed by atoms with Crippen molar-refractivity contribution < 1.29 is 14.4 Å². The molecule has 3 amide bonds. The van der Waals surface area contributed by atoms with Crippen LogP contribution in [0.1, 0.15) is 57.6 Å². The molecule has 0 spiro atoms. The van der Waals surface area contributed by atoms with Gasteiger partial charge in [-0.15, -0.1) is 0 Å². The zero-order valence-corrected chi connectivity index (χ0v) is 19.6. The maximum absolute atomic E-state index is 13.5. The van der Waals surface area contributed by atoms with E-state index in [-0.39, 0.29) is 59.9 Å². The van der Waals surface area contributed by atoms with Gasteiger partial charge in [0.15, 0.2) is 0 Å². The highest BCUT2D eigenvalue weighted by Gasteiger charge is 2.60. The largest absolute Gasteiger partial charge is 0.337 e. The van der Waals surface area contributed by atoms with Gasteiger partial charge in [-0.05, 0) is 69.1 Å². The molecule has 0 aromatic heterocycles. The van der Waals surface area contributed by atoms with E-state index < -0.39 is 6.04 Å². The Morgan fingerprint density at radius 2 is 1.55 bits per heavy atom. The molecule has 2 aliphatic heterocycles. The zero-order chi connectivity index (χ0) is 21.9. The molecule has 5 nitrogen and oxygen atoms in total. The third kappa shape index (κ3) is 3.38. The molecule has 0 N–H and O–H groups in total. The topological polar surface area (TPSA) is 57.7 Å². The van der Waals surface area contributed by atoms with E-state index in [0.717, 1.165) is 35.7 Å². The van der Waals surface area contributed by atoms with Gasteiger partial charge in [0.25, 0.3) is 0 Å². The minimum atomic E-state index is -0.549. The quantitative estimate of drug-likeness (QED) is 0.467. The molecule has 7 unspecified atom stereocenters. The van der Waals surface area contributed by atoms with Crippen LogP contribution in [0.2, 0.25) is 0 Å². The smallest absolute Gasteiger partial charge is 0.234 e. The van der Waals surface area contributed by atoms with Crippen molar-refractivity contribution in [2.24, 2.45) is 23.7 Å². The number of amides is 3. The Hall–Kier alpha value is -1.95. The van der Waals surface area contributed by atoms with Crippen molar-refractivity contribution in [3.05, 3.63) is 46.5 Å². The maximum Gasteiger partial charge on any atom is 0.234 e. The molecule has 2 saturated heterocycles. The van der Waals surface area contributed by atoms with Crippen molar-refractivity contribution >= 4 is 33.7 Å². The lowest BCUT2D eigenvalue weighted by molar-refractivity contribution is -0.146. The summed E-state index contributed by atoms with van der Waals surface area (Å²) in [6.07, 6.45) is 8.40. The number of hydrogen-bond donors (Lipinski definition) is 0. The van der Waals surface area contributed by atoms with Crippen molar-refractivity contribution in [3.63, 3.8) is 0 Å². The van der Waals surface area contributed by atoms with Crippen LogP contribution >= 0.6 is 15.9 Å². The first-order chi connectivity index (χ1) is 14.9. The molecule has 7 atom stereocenters. The molecule has 2 heterocycles. The number of imide groups is 1. The molecule has 5 rings (SSSR count). The predicted octanol–water partition coefficient (Wildman–Crippen LogP) is 4.48. The molecular formula is C25H29BrN2O3. The fourth-order valence-corrected chi connectivity index (χ4v) is 6.72. The summed E-state index contributed by atoms with van der Waals surface area (Å²) in [5.41, 5.74) is 0.843. The molecule has 0 radical (unpaired) electrons. The number of piperidine rings is 1. The second-order valence-electron chi connectivity index (χ2n) is 9.75. The summed E-state index contributed by atoms with van der Waals surface area (Å²) in [7, 11) is 0. The SMILES string of the molecule is CC1CCCC(C)N1C(=O)CC(c1ccc(Br)cc1)N1C(=O)C2C3C=CC(C3)C2C1=O. The molecule has 1 aromatic rings. The molecule has 2 aliphatic carbocycles. The molecular weight excluding hydrogens is 456 g/mol. The lowest BCUT2D eigenvalue weighted by Crippen LogP contribution is -2.49. The van der Waals surface area contributed by atoms with Gasteiger partial charge in [-0.25, -0.2) is 0 Å². The highest BCUT2D eigenvalue weighted by molar-refractivity contribution is 9.10. The normalized spacial score (nSPS) is 35.1. The molecule has 31 heavy (non-hydrogen) atoms. The molecule has 2 bridgehead atoms. The third-order valence-electron chi connectivity index (χ3n) is 7.92. The summed E-state index contributed by atoms with van der Waals surface area (Å²) in [6, 6.07) is 7.50. The van der Waals surface area contributed by atoms with E-state index in [9.17, 15) is 14.4 Å². The molecule has 164 valence electrons. The average molecular weight is 485 g/mol. The van der Waals surface area contributed by atoms with Crippen LogP contribution in [-0.4, -0.2) is 39.6 Å². The Morgan fingerprint density at radius 1 is 1.00 bits per heavy atom. The number of benzene rings is 1. The minimum Gasteiger partial charge on any atom is -0.337 e. The fourth-order valence-electron chi connectivity index (χ4n) is 6.46. The number of carbonyl (C=O) groups is 3. The maximum atomic E-state index is 13.5. The first kappa shape index (κ1) is 20.9. The van der Waals surface area contributed by atoms with Crippen LogP contribution < -0.4 is 0 Å². The summed E-state index contributed by atoms with van der Waals surface area (Å²) in [5, 5.41) is 0. The number of rotatable bonds is 4. The van der Waals surface area contributed by atoms with Crippen LogP contribution in [0, 0.1) is 23.7 Å². The van der Waals surface area contributed by atoms with Crippen LogP contribution in [0.5, 0.6) is 0 Å². The van der Waals surface area contributed by atoms with Gasteiger partial charge in [-0.2, -0.15) is 0 Å². The number of carbonyl (C=O) groups excluding carboxylic acids is 3. The second-order valence-corrected chi connectivity index (χ2v) is 10.7. The van der Waals surface area contributed by atoms with Crippen molar-refractivity contribution in [1.29, 1.82) is 0 Å². The molecule has 3 fully saturated rings. The van der Waals surface area contributed by atoms with E-state index in [1.165, 1.54) is 4.90 Å². The molecule has 4 aliphatic rings. The van der Waals surface area contributed by atoms with Gasteiger partial charge >= 0.3 is 0 Å². The first-order valence-corrected chi connectivity index (χ1v) is 12.3. The van der Waals surface area contributed by atoms with E-state index in [4.69, 9.17) is 0 Å². The molecule has 1 aromatic carbocycles. The van der Waals surface area contributed by atoms with Gasteiger partial charge in [0, 0.05) is 16.6 Å². The zero-order valence-electron chi connectivity index (χ0n) is 18.0. The molecule has 1 saturated carbocycles. The Morgan fingerprint density at radius 3 is 2.10 bits per heavy atom. The number of fused-ring (bicyclic) bond motifs is 5. The standard InChI is InChI=1S/C25H29BrN2O3/c1-14-4-3-5-15(2)27(14)21(29)13-20(16-8-10-19(26)11-9-16)28-24(30)22-17-6-7-18(12-17)23(22)25(28)31/h6-11,14-15,17-18,20,22-23H,3-5,12-13H2,1-2H3. The molecule has 6 heteroatoms. The lowest BCUT2D eigenvalue weighted by atomic mass is 9.85. The van der Waals surface area contributed by atoms with E-state index in [0.29, 0.717) is 0 Å². The van der Waals surface area contributed by atoms with Gasteiger partial charge in [0.05, 0.1) is 24.3 Å². The van der Waals surface area contributed by atoms with Crippen LogP contribution in [0.4, 0.5) is 0 Å². The summed E-state index contributed by atoms with van der Waals surface area (Å²) < 4.78 is 0.929. The van der Waals surface area contributed by atoms with Crippen LogP contribution in [0.3, 0.4) is 0 Å². The summed E-state index contributed by atoms with van der Waals surface area (Å²) >= 11 is 3.46. The summed E-state index contributed by atoms with van der Waals surface area (Å²) in [5.74, 6) is -0.308.